The summed E-state index contributed by atoms with van der Waals surface area (Å²) in [6, 6.07) is 3.44. The molecule has 2 aromatic rings. The summed E-state index contributed by atoms with van der Waals surface area (Å²) in [5.41, 5.74) is 3.71. The summed E-state index contributed by atoms with van der Waals surface area (Å²) in [4.78, 5) is 19.1. The molecule has 0 saturated carbocycles. The summed E-state index contributed by atoms with van der Waals surface area (Å²) >= 11 is 0. The lowest BCUT2D eigenvalue weighted by atomic mass is 10.1. The zero-order valence-electron chi connectivity index (χ0n) is 14.0. The van der Waals surface area contributed by atoms with Gasteiger partial charge in [-0.3, -0.25) is 0 Å². The number of fused-ring (bicyclic) bond motifs is 3. The molecule has 1 aromatic carbocycles. The highest BCUT2D eigenvalue weighted by molar-refractivity contribution is 5.91. The average molecular weight is 378 g/mol. The lowest BCUT2D eigenvalue weighted by molar-refractivity contribution is -0.134. The zero-order chi connectivity index (χ0) is 18.7. The number of hydrogen-bond donors (Lipinski definition) is 3. The second kappa shape index (κ2) is 8.68. The number of carboxylic acids is 2. The first-order chi connectivity index (χ1) is 12.5. The molecule has 1 aromatic heterocycles. The Morgan fingerprint density at radius 3 is 2.48 bits per heavy atom. The van der Waals surface area contributed by atoms with E-state index in [9.17, 15) is 14.0 Å². The van der Waals surface area contributed by atoms with E-state index in [4.69, 9.17) is 14.9 Å². The van der Waals surface area contributed by atoms with Crippen molar-refractivity contribution in [2.45, 2.75) is 26.8 Å². The topological polar surface area (TPSA) is 101 Å². The van der Waals surface area contributed by atoms with Gasteiger partial charge in [0.2, 0.25) is 0 Å². The van der Waals surface area contributed by atoms with Crippen molar-refractivity contribution in [1.82, 2.24) is 9.88 Å². The predicted octanol–water partition coefficient (Wildman–Crippen LogP) is 2.21. The fraction of sp³-hybridized carbons (Fsp3) is 0.368. The van der Waals surface area contributed by atoms with Crippen molar-refractivity contribution in [2.24, 2.45) is 0 Å². The van der Waals surface area contributed by atoms with Gasteiger partial charge in [-0.25, -0.2) is 14.0 Å². The van der Waals surface area contributed by atoms with E-state index in [0.717, 1.165) is 38.0 Å². The van der Waals surface area contributed by atoms with Gasteiger partial charge in [0, 0.05) is 36.2 Å². The maximum Gasteiger partial charge on any atom is 0.328 e. The first-order valence-corrected chi connectivity index (χ1v) is 8.29. The average Bonchev–Trinajstić information content (AvgIpc) is 2.77. The number of halogens is 1. The molecule has 7 nitrogen and oxygen atoms in total. The van der Waals surface area contributed by atoms with Crippen LogP contribution in [0, 0.1) is 5.82 Å². The minimum atomic E-state index is -1.26. The molecule has 0 radical (unpaired) electrons. The number of ether oxygens (including phenoxy) is 1. The van der Waals surface area contributed by atoms with Gasteiger partial charge in [-0.1, -0.05) is 7.43 Å². The molecule has 0 unspecified atom stereocenters. The number of aromatic nitrogens is 1. The smallest absolute Gasteiger partial charge is 0.328 e. The third kappa shape index (κ3) is 4.28. The van der Waals surface area contributed by atoms with Gasteiger partial charge in [-0.05, 0) is 30.7 Å². The molecular weight excluding hydrogens is 355 g/mol. The van der Waals surface area contributed by atoms with Crippen molar-refractivity contribution >= 4 is 22.8 Å². The quantitative estimate of drug-likeness (QED) is 0.693. The van der Waals surface area contributed by atoms with Gasteiger partial charge in [-0.2, -0.15) is 0 Å². The summed E-state index contributed by atoms with van der Waals surface area (Å²) in [5.74, 6) is -2.31. The number of benzene rings is 1. The van der Waals surface area contributed by atoms with Gasteiger partial charge in [0.25, 0.3) is 0 Å². The molecular formula is C19H23FN2O5. The van der Waals surface area contributed by atoms with E-state index in [-0.39, 0.29) is 13.2 Å². The largest absolute Gasteiger partial charge is 0.486 e. The van der Waals surface area contributed by atoms with Crippen LogP contribution >= 0.6 is 0 Å². The highest BCUT2D eigenvalue weighted by Gasteiger charge is 2.25. The van der Waals surface area contributed by atoms with E-state index in [1.165, 1.54) is 22.7 Å². The number of carboxylic acid groups (broad SMARTS) is 2. The number of rotatable bonds is 2. The van der Waals surface area contributed by atoms with Gasteiger partial charge >= 0.3 is 11.9 Å². The monoisotopic (exact) mass is 378 g/mol. The van der Waals surface area contributed by atoms with E-state index in [1.807, 2.05) is 6.07 Å². The van der Waals surface area contributed by atoms with E-state index >= 15 is 0 Å². The third-order valence-corrected chi connectivity index (χ3v) is 4.37. The molecule has 8 heteroatoms. The highest BCUT2D eigenvalue weighted by atomic mass is 19.1. The SMILES string of the molecule is C.Fc1ccc2c3c(n4c2c1OCC4)CCNCC3.O=C(O)/C=C\C(=O)O. The molecule has 0 aliphatic carbocycles. The summed E-state index contributed by atoms with van der Waals surface area (Å²) in [7, 11) is 0. The Balaban J connectivity index is 0.000000252. The van der Waals surface area contributed by atoms with Gasteiger partial charge in [0.15, 0.2) is 11.6 Å². The molecule has 146 valence electrons. The van der Waals surface area contributed by atoms with Crippen LogP contribution < -0.4 is 10.1 Å². The van der Waals surface area contributed by atoms with E-state index in [1.54, 1.807) is 0 Å². The van der Waals surface area contributed by atoms with Gasteiger partial charge in [0.1, 0.15) is 6.61 Å². The fourth-order valence-corrected chi connectivity index (χ4v) is 3.39. The number of aliphatic carboxylic acids is 2. The van der Waals surface area contributed by atoms with Crippen molar-refractivity contribution in [1.29, 1.82) is 0 Å². The van der Waals surface area contributed by atoms with Crippen LogP contribution in [-0.2, 0) is 29.0 Å². The summed E-state index contributed by atoms with van der Waals surface area (Å²) in [5, 5.41) is 20.2. The van der Waals surface area contributed by atoms with Crippen LogP contribution in [0.5, 0.6) is 5.75 Å². The molecule has 0 atom stereocenters. The molecule has 4 rings (SSSR count). The Morgan fingerprint density at radius 1 is 1.15 bits per heavy atom. The minimum Gasteiger partial charge on any atom is -0.486 e. The van der Waals surface area contributed by atoms with Crippen LogP contribution in [0.25, 0.3) is 10.9 Å². The molecule has 0 spiro atoms. The molecule has 3 N–H and O–H groups in total. The van der Waals surface area contributed by atoms with Gasteiger partial charge < -0.3 is 24.8 Å². The van der Waals surface area contributed by atoms with Crippen molar-refractivity contribution in [3.8, 4) is 5.75 Å². The van der Waals surface area contributed by atoms with Crippen LogP contribution in [0.4, 0.5) is 4.39 Å². The van der Waals surface area contributed by atoms with Crippen molar-refractivity contribution < 1.29 is 28.9 Å². The maximum absolute atomic E-state index is 13.8. The van der Waals surface area contributed by atoms with Crippen LogP contribution in [-0.4, -0.2) is 46.4 Å². The van der Waals surface area contributed by atoms with E-state index in [0.29, 0.717) is 24.5 Å². The standard InChI is InChI=1S/C14H15FN2O.C4H4O4.CH4/c15-11-2-1-10-9-3-5-16-6-4-12(9)17-7-8-18-14(11)13(10)17;5-3(6)1-2-4(7)8;/h1-2,16H,3-8H2;1-2H,(H,5,6)(H,7,8);1H4/b;2-1-;. The first kappa shape index (κ1) is 20.4. The molecule has 2 aliphatic rings. The molecule has 2 aliphatic heterocycles. The number of nitrogens with one attached hydrogen (secondary N) is 1. The number of nitrogens with zero attached hydrogens (tertiary/aromatic N) is 1. The van der Waals surface area contributed by atoms with Crippen LogP contribution in [0.15, 0.2) is 24.3 Å². The first-order valence-electron chi connectivity index (χ1n) is 8.29. The zero-order valence-corrected chi connectivity index (χ0v) is 14.0. The van der Waals surface area contributed by atoms with E-state index < -0.39 is 11.9 Å². The molecule has 0 saturated heterocycles. The number of hydrogen-bond acceptors (Lipinski definition) is 4. The summed E-state index contributed by atoms with van der Waals surface area (Å²) in [6.45, 7) is 3.40. The normalized spacial score (nSPS) is 15.0. The number of carbonyl (C=O) groups is 2. The highest BCUT2D eigenvalue weighted by Crippen LogP contribution is 2.37. The Labute approximate surface area is 156 Å². The second-order valence-electron chi connectivity index (χ2n) is 5.96. The third-order valence-electron chi connectivity index (χ3n) is 4.37. The van der Waals surface area contributed by atoms with Crippen LogP contribution in [0.1, 0.15) is 18.7 Å². The lowest BCUT2D eigenvalue weighted by Crippen LogP contribution is -2.20. The second-order valence-corrected chi connectivity index (χ2v) is 5.96. The van der Waals surface area contributed by atoms with Crippen molar-refractivity contribution in [3.63, 3.8) is 0 Å². The minimum absolute atomic E-state index is 0. The van der Waals surface area contributed by atoms with Crippen LogP contribution in [0.2, 0.25) is 0 Å². The van der Waals surface area contributed by atoms with E-state index in [2.05, 4.69) is 9.88 Å². The summed E-state index contributed by atoms with van der Waals surface area (Å²) in [6.07, 6.45) is 3.15. The molecule has 0 amide bonds. The van der Waals surface area contributed by atoms with Gasteiger partial charge in [-0.15, -0.1) is 0 Å². The molecule has 3 heterocycles. The molecule has 0 fully saturated rings. The maximum atomic E-state index is 13.8. The van der Waals surface area contributed by atoms with Gasteiger partial charge in [0.05, 0.1) is 12.1 Å². The predicted molar refractivity (Wildman–Crippen MR) is 98.8 cm³/mol. The van der Waals surface area contributed by atoms with Crippen LogP contribution in [0.3, 0.4) is 0 Å². The lowest BCUT2D eigenvalue weighted by Gasteiger charge is -2.19. The Bertz CT molecular complexity index is 872. The fourth-order valence-electron chi connectivity index (χ4n) is 3.39. The Hall–Kier alpha value is -2.87. The Kier molecular flexibility index (Phi) is 6.57. The molecule has 0 bridgehead atoms. The van der Waals surface area contributed by atoms with Crippen molar-refractivity contribution in [3.05, 3.63) is 41.4 Å². The Morgan fingerprint density at radius 2 is 1.81 bits per heavy atom. The molecule has 27 heavy (non-hydrogen) atoms. The summed E-state index contributed by atoms with van der Waals surface area (Å²) < 4.78 is 21.6. The van der Waals surface area contributed by atoms with Crippen molar-refractivity contribution in [2.75, 3.05) is 19.7 Å².